The maximum Gasteiger partial charge on any atom is 0.374 e. The summed E-state index contributed by atoms with van der Waals surface area (Å²) < 4.78 is 14.6. The molecule has 30 heavy (non-hydrogen) atoms. The third kappa shape index (κ3) is 4.13. The lowest BCUT2D eigenvalue weighted by molar-refractivity contribution is -0.674. The van der Waals surface area contributed by atoms with Crippen LogP contribution in [0.15, 0.2) is 58.3 Å². The van der Waals surface area contributed by atoms with Crippen LogP contribution in [-0.2, 0) is 6.54 Å². The lowest BCUT2D eigenvalue weighted by atomic mass is 10.1. The molecule has 0 amide bonds. The Morgan fingerprint density at radius 2 is 1.77 bits per heavy atom. The summed E-state index contributed by atoms with van der Waals surface area (Å²) in [6.45, 7) is 12.4. The van der Waals surface area contributed by atoms with Gasteiger partial charge >= 0.3 is 5.89 Å². The highest BCUT2D eigenvalue weighted by Crippen LogP contribution is 2.39. The molecule has 4 rings (SSSR count). The van der Waals surface area contributed by atoms with Crippen LogP contribution in [-0.4, -0.2) is 6.54 Å². The van der Waals surface area contributed by atoms with Crippen LogP contribution in [0.1, 0.15) is 44.2 Å². The van der Waals surface area contributed by atoms with E-state index >= 15 is 0 Å². The maximum atomic E-state index is 6.18. The van der Waals surface area contributed by atoms with E-state index in [1.165, 1.54) is 16.7 Å². The van der Waals surface area contributed by atoms with E-state index in [0.29, 0.717) is 0 Å². The molecule has 5 heteroatoms. The van der Waals surface area contributed by atoms with E-state index in [9.17, 15) is 0 Å². The number of aryl methyl sites for hydroxylation is 3. The monoisotopic (exact) mass is 516 g/mol. The molecule has 3 aromatic rings. The molecule has 0 aliphatic carbocycles. The number of anilines is 1. The van der Waals surface area contributed by atoms with Crippen LogP contribution in [0.4, 0.5) is 5.69 Å². The second kappa shape index (κ2) is 9.25. The fourth-order valence-electron chi connectivity index (χ4n) is 3.85. The van der Waals surface area contributed by atoms with Crippen molar-refractivity contribution in [2.24, 2.45) is 0 Å². The van der Waals surface area contributed by atoms with Gasteiger partial charge in [0.2, 0.25) is 11.5 Å². The first kappa shape index (κ1) is 22.4. The molecule has 0 bridgehead atoms. The van der Waals surface area contributed by atoms with Crippen molar-refractivity contribution in [1.82, 2.24) is 0 Å². The average Bonchev–Trinajstić information content (AvgIpc) is 3.23. The van der Waals surface area contributed by atoms with Crippen LogP contribution < -0.4 is 38.2 Å². The van der Waals surface area contributed by atoms with E-state index in [1.54, 1.807) is 0 Å². The van der Waals surface area contributed by atoms with Crippen LogP contribution in [0, 0.1) is 13.8 Å². The molecule has 2 heterocycles. The molecule has 158 valence electrons. The predicted octanol–water partition coefficient (Wildman–Crippen LogP) is 2.91. The van der Waals surface area contributed by atoms with E-state index in [-0.39, 0.29) is 24.0 Å². The van der Waals surface area contributed by atoms with Crippen LogP contribution in [0.3, 0.4) is 0 Å². The first-order valence-electron chi connectivity index (χ1n) is 10.4. The van der Waals surface area contributed by atoms with Gasteiger partial charge in [0.1, 0.15) is 6.54 Å². The lowest BCUT2D eigenvalue weighted by Crippen LogP contribution is -3.00. The zero-order valence-corrected chi connectivity index (χ0v) is 20.5. The van der Waals surface area contributed by atoms with Crippen molar-refractivity contribution >= 4 is 22.9 Å². The molecule has 1 aromatic heterocycles. The van der Waals surface area contributed by atoms with E-state index in [2.05, 4.69) is 92.6 Å². The summed E-state index contributed by atoms with van der Waals surface area (Å²) in [7, 11) is 0. The minimum Gasteiger partial charge on any atom is -1.00 e. The number of hydrogen-bond acceptors (Lipinski definition) is 3. The third-order valence-corrected chi connectivity index (χ3v) is 5.43. The first-order chi connectivity index (χ1) is 14.0. The molecule has 1 aliphatic heterocycles. The standard InChI is InChI=1S/C25H29N2O2.HI/c1-6-19(15-24-26(7-2)20-13-17(4)9-11-22(20)28-24)16-25-27(8-3)21-14-18(5)10-12-23(21)29-25;/h9-16H,6-8H2,1-5H3;1H/q+1;/p-1. The highest BCUT2D eigenvalue weighted by atomic mass is 127. The number of benzene rings is 2. The fourth-order valence-corrected chi connectivity index (χ4v) is 3.85. The van der Waals surface area contributed by atoms with Crippen molar-refractivity contribution in [3.8, 4) is 5.75 Å². The summed E-state index contributed by atoms with van der Waals surface area (Å²) in [6, 6.07) is 12.6. The molecule has 0 unspecified atom stereocenters. The normalized spacial score (nSPS) is 14.8. The Kier molecular flexibility index (Phi) is 6.91. The van der Waals surface area contributed by atoms with Crippen LogP contribution in [0.25, 0.3) is 17.2 Å². The Labute approximate surface area is 195 Å². The van der Waals surface area contributed by atoms with Crippen molar-refractivity contribution in [2.45, 2.75) is 47.6 Å². The van der Waals surface area contributed by atoms with Crippen molar-refractivity contribution in [2.75, 3.05) is 11.4 Å². The van der Waals surface area contributed by atoms with Gasteiger partial charge in [-0.15, -0.1) is 0 Å². The smallest absolute Gasteiger partial charge is 0.374 e. The molecular weight excluding hydrogens is 487 g/mol. The summed E-state index contributed by atoms with van der Waals surface area (Å²) in [5.41, 5.74) is 6.83. The minimum absolute atomic E-state index is 0. The topological polar surface area (TPSA) is 29.5 Å². The molecule has 2 aromatic carbocycles. The molecule has 4 nitrogen and oxygen atoms in total. The summed E-state index contributed by atoms with van der Waals surface area (Å²) in [5.74, 6) is 2.66. The Morgan fingerprint density at radius 3 is 2.47 bits per heavy atom. The number of nitrogens with zero attached hydrogens (tertiary/aromatic N) is 2. The Bertz CT molecular complexity index is 1130. The number of aromatic nitrogens is 1. The van der Waals surface area contributed by atoms with Gasteiger partial charge in [0.15, 0.2) is 5.75 Å². The lowest BCUT2D eigenvalue weighted by Gasteiger charge is -2.16. The SMILES string of the molecule is CCC(=Cc1oc2ccc(C)cc2[n+]1CC)C=C1Oc2ccc(C)cc2N1CC.[I-]. The summed E-state index contributed by atoms with van der Waals surface area (Å²) in [6.07, 6.45) is 5.16. The zero-order valence-electron chi connectivity index (χ0n) is 18.3. The summed E-state index contributed by atoms with van der Waals surface area (Å²) >= 11 is 0. The maximum absolute atomic E-state index is 6.18. The van der Waals surface area contributed by atoms with Gasteiger partial charge in [-0.2, -0.15) is 4.57 Å². The molecule has 0 saturated heterocycles. The van der Waals surface area contributed by atoms with Crippen molar-refractivity contribution < 1.29 is 37.7 Å². The van der Waals surface area contributed by atoms with Crippen molar-refractivity contribution in [3.05, 3.63) is 70.9 Å². The number of rotatable bonds is 5. The predicted molar refractivity (Wildman–Crippen MR) is 118 cm³/mol. The molecule has 0 saturated carbocycles. The Morgan fingerprint density at radius 1 is 1.03 bits per heavy atom. The second-order valence-corrected chi connectivity index (χ2v) is 7.53. The average molecular weight is 516 g/mol. The first-order valence-corrected chi connectivity index (χ1v) is 10.4. The minimum atomic E-state index is 0. The van der Waals surface area contributed by atoms with Gasteiger partial charge in [-0.1, -0.05) is 19.1 Å². The second-order valence-electron chi connectivity index (χ2n) is 7.53. The van der Waals surface area contributed by atoms with E-state index in [4.69, 9.17) is 9.15 Å². The molecular formula is C25H29IN2O2. The molecule has 1 aliphatic rings. The van der Waals surface area contributed by atoms with Crippen molar-refractivity contribution in [1.29, 1.82) is 0 Å². The van der Waals surface area contributed by atoms with Gasteiger partial charge in [-0.25, -0.2) is 0 Å². The Hall–Kier alpha value is -2.28. The number of ether oxygens (including phenoxy) is 1. The largest absolute Gasteiger partial charge is 1.00 e. The van der Waals surface area contributed by atoms with Crippen molar-refractivity contribution in [3.63, 3.8) is 0 Å². The van der Waals surface area contributed by atoms with Gasteiger partial charge in [-0.05, 0) is 69.0 Å². The number of oxazole rings is 1. The van der Waals surface area contributed by atoms with Gasteiger partial charge < -0.3 is 38.0 Å². The van der Waals surface area contributed by atoms with Gasteiger partial charge in [-0.3, -0.25) is 0 Å². The Balaban J connectivity index is 0.00000256. The van der Waals surface area contributed by atoms with E-state index in [0.717, 1.165) is 53.8 Å². The van der Waals surface area contributed by atoms with Gasteiger partial charge in [0.05, 0.1) is 11.8 Å². The molecule has 0 atom stereocenters. The fraction of sp³-hybridized carbons (Fsp3) is 0.320. The van der Waals surface area contributed by atoms with Crippen LogP contribution >= 0.6 is 0 Å². The van der Waals surface area contributed by atoms with E-state index < -0.39 is 0 Å². The number of allylic oxidation sites excluding steroid dienone is 2. The number of hydrogen-bond donors (Lipinski definition) is 0. The number of halogens is 1. The number of fused-ring (bicyclic) bond motifs is 2. The molecule has 0 fully saturated rings. The summed E-state index contributed by atoms with van der Waals surface area (Å²) in [4.78, 5) is 2.22. The molecule has 0 N–H and O–H groups in total. The molecule has 0 spiro atoms. The van der Waals surface area contributed by atoms with E-state index in [1.807, 2.05) is 0 Å². The zero-order chi connectivity index (χ0) is 20.5. The van der Waals surface area contributed by atoms with Crippen LogP contribution in [0.5, 0.6) is 5.75 Å². The quantitative estimate of drug-likeness (QED) is 0.386. The summed E-state index contributed by atoms with van der Waals surface area (Å²) in [5, 5.41) is 0. The van der Waals surface area contributed by atoms with Gasteiger partial charge in [0.25, 0.3) is 5.52 Å². The highest BCUT2D eigenvalue weighted by Gasteiger charge is 2.26. The van der Waals surface area contributed by atoms with Crippen LogP contribution in [0.2, 0.25) is 0 Å². The molecule has 0 radical (unpaired) electrons. The van der Waals surface area contributed by atoms with Gasteiger partial charge in [0, 0.05) is 18.7 Å². The highest BCUT2D eigenvalue weighted by molar-refractivity contribution is 5.71. The third-order valence-electron chi connectivity index (χ3n) is 5.43.